The molecule has 6 nitrogen and oxygen atoms in total. The maximum atomic E-state index is 11.5. The number of aromatic nitrogens is 3. The minimum absolute atomic E-state index is 0.181. The molecule has 4 rings (SSSR count). The van der Waals surface area contributed by atoms with E-state index in [1.807, 2.05) is 11.1 Å². The Bertz CT molecular complexity index is 998. The zero-order valence-corrected chi connectivity index (χ0v) is 18.1. The van der Waals surface area contributed by atoms with Gasteiger partial charge < -0.3 is 14.8 Å². The van der Waals surface area contributed by atoms with Crippen molar-refractivity contribution >= 4 is 28.6 Å². The Hall–Kier alpha value is -2.89. The van der Waals surface area contributed by atoms with E-state index in [2.05, 4.69) is 65.2 Å². The van der Waals surface area contributed by atoms with Gasteiger partial charge in [0.1, 0.15) is 5.65 Å². The highest BCUT2D eigenvalue weighted by molar-refractivity contribution is 5.77. The molecule has 1 saturated heterocycles. The molecule has 1 aromatic carbocycles. The average molecular weight is 406 g/mol. The molecule has 1 aliphatic rings. The van der Waals surface area contributed by atoms with Crippen LogP contribution in [0.25, 0.3) is 11.0 Å². The third-order valence-corrected chi connectivity index (χ3v) is 6.37. The predicted octanol–water partition coefficient (Wildman–Crippen LogP) is 5.26. The first-order valence-corrected chi connectivity index (χ1v) is 11.0. The minimum Gasteiger partial charge on any atom is -0.343 e. The lowest BCUT2D eigenvalue weighted by molar-refractivity contribution is -0.129. The second-order valence-electron chi connectivity index (χ2n) is 8.19. The Morgan fingerprint density at radius 1 is 1.13 bits per heavy atom. The summed E-state index contributed by atoms with van der Waals surface area (Å²) < 4.78 is 2.26. The van der Waals surface area contributed by atoms with Crippen molar-refractivity contribution in [3.8, 4) is 0 Å². The zero-order valence-electron chi connectivity index (χ0n) is 18.1. The summed E-state index contributed by atoms with van der Waals surface area (Å²) in [7, 11) is 0. The molecule has 3 heterocycles. The maximum absolute atomic E-state index is 11.5. The molecular formula is C24H31N5O. The van der Waals surface area contributed by atoms with Crippen molar-refractivity contribution in [3.63, 3.8) is 0 Å². The lowest BCUT2D eigenvalue weighted by Gasteiger charge is -2.31. The monoisotopic (exact) mass is 405 g/mol. The number of hydrogen-bond acceptors (Lipinski definition) is 4. The fraction of sp³-hybridized carbons (Fsp3) is 0.458. The normalized spacial score (nSPS) is 15.1. The van der Waals surface area contributed by atoms with Crippen molar-refractivity contribution in [3.05, 3.63) is 48.3 Å². The van der Waals surface area contributed by atoms with Gasteiger partial charge in [0, 0.05) is 49.5 Å². The maximum Gasteiger partial charge on any atom is 0.229 e. The Morgan fingerprint density at radius 2 is 1.83 bits per heavy atom. The summed E-state index contributed by atoms with van der Waals surface area (Å²) in [6.07, 6.45) is 8.23. The van der Waals surface area contributed by atoms with Crippen LogP contribution >= 0.6 is 0 Å². The van der Waals surface area contributed by atoms with E-state index < -0.39 is 0 Å². The quantitative estimate of drug-likeness (QED) is 0.607. The Kier molecular flexibility index (Phi) is 6.02. The SMILES string of the molecule is CCC(CC)n1ccc2cnc(Nc3ccc(C4CCN(C(C)=O)CC4)cc3)nc21. The molecular weight excluding hydrogens is 374 g/mol. The molecule has 1 fully saturated rings. The van der Waals surface area contributed by atoms with Gasteiger partial charge in [-0.1, -0.05) is 26.0 Å². The van der Waals surface area contributed by atoms with Crippen molar-refractivity contribution in [1.82, 2.24) is 19.4 Å². The smallest absolute Gasteiger partial charge is 0.229 e. The fourth-order valence-corrected chi connectivity index (χ4v) is 4.47. The molecule has 0 unspecified atom stereocenters. The number of likely N-dealkylation sites (tertiary alicyclic amines) is 1. The molecule has 0 bridgehead atoms. The first-order valence-electron chi connectivity index (χ1n) is 11.0. The number of amides is 1. The van der Waals surface area contributed by atoms with Crippen LogP contribution in [0.1, 0.15) is 64.0 Å². The Balaban J connectivity index is 1.46. The number of carbonyl (C=O) groups excluding carboxylic acids is 1. The highest BCUT2D eigenvalue weighted by Gasteiger charge is 2.21. The van der Waals surface area contributed by atoms with Gasteiger partial charge >= 0.3 is 0 Å². The molecule has 2 aromatic heterocycles. The lowest BCUT2D eigenvalue weighted by Crippen LogP contribution is -2.36. The summed E-state index contributed by atoms with van der Waals surface area (Å²) in [6.45, 7) is 7.79. The molecule has 1 N–H and O–H groups in total. The van der Waals surface area contributed by atoms with Crippen LogP contribution in [0.4, 0.5) is 11.6 Å². The molecule has 0 aliphatic carbocycles. The van der Waals surface area contributed by atoms with Crippen LogP contribution in [-0.2, 0) is 4.79 Å². The van der Waals surface area contributed by atoms with Crippen molar-refractivity contribution in [1.29, 1.82) is 0 Å². The first-order chi connectivity index (χ1) is 14.6. The second kappa shape index (κ2) is 8.86. The van der Waals surface area contributed by atoms with E-state index in [-0.39, 0.29) is 5.91 Å². The predicted molar refractivity (Wildman–Crippen MR) is 121 cm³/mol. The third kappa shape index (κ3) is 4.18. The third-order valence-electron chi connectivity index (χ3n) is 6.37. The number of piperidine rings is 1. The number of fused-ring (bicyclic) bond motifs is 1. The van der Waals surface area contributed by atoms with Crippen LogP contribution in [0, 0.1) is 0 Å². The molecule has 3 aromatic rings. The van der Waals surface area contributed by atoms with E-state index >= 15 is 0 Å². The highest BCUT2D eigenvalue weighted by Crippen LogP contribution is 2.29. The van der Waals surface area contributed by atoms with Crippen molar-refractivity contribution in [2.24, 2.45) is 0 Å². The molecule has 30 heavy (non-hydrogen) atoms. The minimum atomic E-state index is 0.181. The first kappa shape index (κ1) is 20.4. The van der Waals surface area contributed by atoms with Crippen LogP contribution in [0.15, 0.2) is 42.7 Å². The average Bonchev–Trinajstić information content (AvgIpc) is 3.18. The van der Waals surface area contributed by atoms with E-state index in [9.17, 15) is 4.79 Å². The van der Waals surface area contributed by atoms with Gasteiger partial charge in [0.2, 0.25) is 11.9 Å². The van der Waals surface area contributed by atoms with Gasteiger partial charge in [-0.25, -0.2) is 4.98 Å². The lowest BCUT2D eigenvalue weighted by atomic mass is 9.89. The van der Waals surface area contributed by atoms with Gasteiger partial charge in [-0.3, -0.25) is 4.79 Å². The number of nitrogens with one attached hydrogen (secondary N) is 1. The van der Waals surface area contributed by atoms with E-state index in [4.69, 9.17) is 4.98 Å². The molecule has 1 aliphatic heterocycles. The molecule has 0 atom stereocenters. The van der Waals surface area contributed by atoms with Crippen molar-refractivity contribution in [2.75, 3.05) is 18.4 Å². The number of carbonyl (C=O) groups is 1. The summed E-state index contributed by atoms with van der Waals surface area (Å²) in [4.78, 5) is 22.7. The van der Waals surface area contributed by atoms with Gasteiger partial charge in [0.25, 0.3) is 0 Å². The zero-order chi connectivity index (χ0) is 21.1. The summed E-state index contributed by atoms with van der Waals surface area (Å²) in [5.41, 5.74) is 3.30. The van der Waals surface area contributed by atoms with Crippen LogP contribution in [-0.4, -0.2) is 38.4 Å². The number of hydrogen-bond donors (Lipinski definition) is 1. The standard InChI is InChI=1S/C24H31N5O/c1-4-22(5-2)29-15-12-20-16-25-24(27-23(20)29)26-21-8-6-18(7-9-21)19-10-13-28(14-11-19)17(3)30/h6-9,12,15-16,19,22H,4-5,10-11,13-14H2,1-3H3,(H,25,26,27). The fourth-order valence-electron chi connectivity index (χ4n) is 4.47. The number of rotatable bonds is 6. The van der Waals surface area contributed by atoms with Crippen LogP contribution in [0.5, 0.6) is 0 Å². The van der Waals surface area contributed by atoms with Gasteiger partial charge in [0.15, 0.2) is 0 Å². The number of nitrogens with zero attached hydrogens (tertiary/aromatic N) is 4. The van der Waals surface area contributed by atoms with Crippen LogP contribution in [0.2, 0.25) is 0 Å². The molecule has 0 saturated carbocycles. The van der Waals surface area contributed by atoms with E-state index in [0.717, 1.165) is 55.5 Å². The van der Waals surface area contributed by atoms with Gasteiger partial charge in [0.05, 0.1) is 0 Å². The van der Waals surface area contributed by atoms with Crippen molar-refractivity contribution < 1.29 is 4.79 Å². The summed E-state index contributed by atoms with van der Waals surface area (Å²) in [5.74, 6) is 1.32. The topological polar surface area (TPSA) is 63.1 Å². The van der Waals surface area contributed by atoms with Gasteiger partial charge in [-0.2, -0.15) is 4.98 Å². The highest BCUT2D eigenvalue weighted by atomic mass is 16.2. The number of anilines is 2. The van der Waals surface area contributed by atoms with Crippen molar-refractivity contribution in [2.45, 2.75) is 58.4 Å². The molecule has 6 heteroatoms. The van der Waals surface area contributed by atoms with Crippen LogP contribution in [0.3, 0.4) is 0 Å². The Labute approximate surface area is 178 Å². The molecule has 1 amide bonds. The van der Waals surface area contributed by atoms with E-state index in [0.29, 0.717) is 17.9 Å². The summed E-state index contributed by atoms with van der Waals surface area (Å²) >= 11 is 0. The van der Waals surface area contributed by atoms with Crippen LogP contribution < -0.4 is 5.32 Å². The second-order valence-corrected chi connectivity index (χ2v) is 8.19. The number of benzene rings is 1. The molecule has 0 spiro atoms. The summed E-state index contributed by atoms with van der Waals surface area (Å²) in [5, 5.41) is 4.42. The molecule has 158 valence electrons. The van der Waals surface area contributed by atoms with Gasteiger partial charge in [-0.05, 0) is 55.4 Å². The Morgan fingerprint density at radius 3 is 2.47 bits per heavy atom. The van der Waals surface area contributed by atoms with E-state index in [1.54, 1.807) is 6.92 Å². The molecule has 0 radical (unpaired) electrons. The largest absolute Gasteiger partial charge is 0.343 e. The van der Waals surface area contributed by atoms with Gasteiger partial charge in [-0.15, -0.1) is 0 Å². The summed E-state index contributed by atoms with van der Waals surface area (Å²) in [6, 6.07) is 11.1. The van der Waals surface area contributed by atoms with E-state index in [1.165, 1.54) is 5.56 Å².